The predicted molar refractivity (Wildman–Crippen MR) is 126 cm³/mol. The third-order valence-electron chi connectivity index (χ3n) is 5.62. The largest absolute Gasteiger partial charge is 0.369 e. The molecule has 1 aliphatic heterocycles. The van der Waals surface area contributed by atoms with Crippen LogP contribution in [0.5, 0.6) is 0 Å². The van der Waals surface area contributed by atoms with Crippen LogP contribution < -0.4 is 15.5 Å². The van der Waals surface area contributed by atoms with Crippen LogP contribution in [0.15, 0.2) is 41.8 Å². The molecule has 0 spiro atoms. The van der Waals surface area contributed by atoms with Gasteiger partial charge in [0.25, 0.3) is 0 Å². The first kappa shape index (κ1) is 24.2. The average Bonchev–Trinajstić information content (AvgIpc) is 3.29. The molecule has 174 valence electrons. The van der Waals surface area contributed by atoms with Gasteiger partial charge in [0.1, 0.15) is 5.82 Å². The third-order valence-corrected chi connectivity index (χ3v) is 6.56. The smallest absolute Gasteiger partial charge is 0.309 e. The summed E-state index contributed by atoms with van der Waals surface area (Å²) in [6.07, 6.45) is 0. The highest BCUT2D eigenvalue weighted by atomic mass is 32.1. The second kappa shape index (κ2) is 11.4. The molecular formula is C23H32FN5O2S. The van der Waals surface area contributed by atoms with Gasteiger partial charge < -0.3 is 20.4 Å². The van der Waals surface area contributed by atoms with E-state index in [0.29, 0.717) is 13.1 Å². The van der Waals surface area contributed by atoms with E-state index in [1.165, 1.54) is 12.1 Å². The SMILES string of the molecule is C[C@@H](NC(=O)C(=O)NCCN(C)C)[C@H](c1cccs1)N1CCN(c2ccc(F)cc2)CC1. The van der Waals surface area contributed by atoms with Crippen molar-refractivity contribution in [2.24, 2.45) is 0 Å². The van der Waals surface area contributed by atoms with Gasteiger partial charge in [-0.2, -0.15) is 0 Å². The molecule has 0 saturated carbocycles. The van der Waals surface area contributed by atoms with Crippen LogP contribution in [0.1, 0.15) is 17.8 Å². The Morgan fingerprint density at radius 1 is 1.09 bits per heavy atom. The van der Waals surface area contributed by atoms with Crippen molar-refractivity contribution in [3.8, 4) is 0 Å². The van der Waals surface area contributed by atoms with Gasteiger partial charge in [0.15, 0.2) is 0 Å². The number of nitrogens with one attached hydrogen (secondary N) is 2. The number of nitrogens with zero attached hydrogens (tertiary/aromatic N) is 3. The number of benzene rings is 1. The number of anilines is 1. The molecule has 1 fully saturated rings. The van der Waals surface area contributed by atoms with Crippen LogP contribution in [0.3, 0.4) is 0 Å². The van der Waals surface area contributed by atoms with Crippen LogP contribution in [0.2, 0.25) is 0 Å². The Morgan fingerprint density at radius 2 is 1.78 bits per heavy atom. The van der Waals surface area contributed by atoms with Gasteiger partial charge in [-0.1, -0.05) is 6.07 Å². The Hall–Kier alpha value is -2.49. The van der Waals surface area contributed by atoms with Gasteiger partial charge in [-0.05, 0) is 56.7 Å². The van der Waals surface area contributed by atoms with E-state index in [0.717, 1.165) is 36.7 Å². The van der Waals surface area contributed by atoms with Crippen LogP contribution in [0.25, 0.3) is 0 Å². The molecule has 9 heteroatoms. The number of halogens is 1. The van der Waals surface area contributed by atoms with Crippen molar-refractivity contribution >= 4 is 28.8 Å². The lowest BCUT2D eigenvalue weighted by Crippen LogP contribution is -2.54. The first-order chi connectivity index (χ1) is 15.3. The van der Waals surface area contributed by atoms with Gasteiger partial charge in [0.05, 0.1) is 6.04 Å². The highest BCUT2D eigenvalue weighted by Crippen LogP contribution is 2.30. The number of piperazine rings is 1. The summed E-state index contributed by atoms with van der Waals surface area (Å²) in [5.74, 6) is -1.45. The number of rotatable bonds is 8. The molecule has 3 rings (SSSR count). The summed E-state index contributed by atoms with van der Waals surface area (Å²) in [6, 6.07) is 10.4. The van der Waals surface area contributed by atoms with E-state index in [1.807, 2.05) is 37.4 Å². The molecule has 1 saturated heterocycles. The topological polar surface area (TPSA) is 67.9 Å². The summed E-state index contributed by atoms with van der Waals surface area (Å²) in [6.45, 7) is 6.25. The van der Waals surface area contributed by atoms with Crippen molar-refractivity contribution in [1.82, 2.24) is 20.4 Å². The Bertz CT molecular complexity index is 867. The molecule has 0 bridgehead atoms. The Balaban J connectivity index is 1.61. The molecule has 2 heterocycles. The molecule has 1 aliphatic rings. The van der Waals surface area contributed by atoms with E-state index >= 15 is 0 Å². The molecule has 2 N–H and O–H groups in total. The molecule has 7 nitrogen and oxygen atoms in total. The Kier molecular flexibility index (Phi) is 8.60. The zero-order valence-electron chi connectivity index (χ0n) is 18.9. The minimum Gasteiger partial charge on any atom is -0.369 e. The fourth-order valence-electron chi connectivity index (χ4n) is 3.94. The monoisotopic (exact) mass is 461 g/mol. The predicted octanol–water partition coefficient (Wildman–Crippen LogP) is 1.93. The quantitative estimate of drug-likeness (QED) is 0.588. The van der Waals surface area contributed by atoms with E-state index in [2.05, 4.69) is 26.5 Å². The lowest BCUT2D eigenvalue weighted by atomic mass is 10.0. The molecule has 1 aromatic carbocycles. The highest BCUT2D eigenvalue weighted by molar-refractivity contribution is 7.10. The molecule has 0 aliphatic carbocycles. The van der Waals surface area contributed by atoms with Gasteiger partial charge in [0.2, 0.25) is 0 Å². The second-order valence-electron chi connectivity index (χ2n) is 8.28. The Morgan fingerprint density at radius 3 is 2.38 bits per heavy atom. The molecule has 32 heavy (non-hydrogen) atoms. The highest BCUT2D eigenvalue weighted by Gasteiger charge is 2.31. The maximum absolute atomic E-state index is 13.2. The second-order valence-corrected chi connectivity index (χ2v) is 9.26. The standard InChI is InChI=1S/C23H32FN5O2S/c1-17(26-23(31)22(30)25-10-11-27(2)3)21(20-5-4-16-32-20)29-14-12-28(13-15-29)19-8-6-18(24)7-9-19/h4-9,16-17,21H,10-15H2,1-3H3,(H,25,30)(H,26,31)/t17-,21-/m1/s1. The first-order valence-corrected chi connectivity index (χ1v) is 11.7. The normalized spacial score (nSPS) is 16.6. The van der Waals surface area contributed by atoms with Gasteiger partial charge >= 0.3 is 11.8 Å². The zero-order chi connectivity index (χ0) is 23.1. The molecule has 0 radical (unpaired) electrons. The van der Waals surface area contributed by atoms with E-state index in [4.69, 9.17) is 0 Å². The maximum Gasteiger partial charge on any atom is 0.309 e. The lowest BCUT2D eigenvalue weighted by Gasteiger charge is -2.42. The number of hydrogen-bond acceptors (Lipinski definition) is 6. The fraction of sp³-hybridized carbons (Fsp3) is 0.478. The summed E-state index contributed by atoms with van der Waals surface area (Å²) >= 11 is 1.65. The molecule has 1 aromatic heterocycles. The van der Waals surface area contributed by atoms with Crippen molar-refractivity contribution in [3.05, 3.63) is 52.5 Å². The summed E-state index contributed by atoms with van der Waals surface area (Å²) in [4.78, 5) is 32.3. The number of likely N-dealkylation sites (N-methyl/N-ethyl adjacent to an activating group) is 1. The van der Waals surface area contributed by atoms with E-state index < -0.39 is 11.8 Å². The van der Waals surface area contributed by atoms with Crippen molar-refractivity contribution < 1.29 is 14.0 Å². The van der Waals surface area contributed by atoms with Crippen LogP contribution >= 0.6 is 11.3 Å². The fourth-order valence-corrected chi connectivity index (χ4v) is 4.90. The molecular weight excluding hydrogens is 429 g/mol. The van der Waals surface area contributed by atoms with Crippen molar-refractivity contribution in [2.75, 3.05) is 58.3 Å². The van der Waals surface area contributed by atoms with Crippen LogP contribution in [-0.2, 0) is 9.59 Å². The van der Waals surface area contributed by atoms with Gasteiger partial charge in [-0.15, -0.1) is 11.3 Å². The van der Waals surface area contributed by atoms with Crippen molar-refractivity contribution in [2.45, 2.75) is 19.0 Å². The summed E-state index contributed by atoms with van der Waals surface area (Å²) in [5.41, 5.74) is 1.01. The molecule has 2 aromatic rings. The summed E-state index contributed by atoms with van der Waals surface area (Å²) < 4.78 is 13.2. The van der Waals surface area contributed by atoms with Crippen LogP contribution in [0.4, 0.5) is 10.1 Å². The number of hydrogen-bond donors (Lipinski definition) is 2. The number of carbonyl (C=O) groups excluding carboxylic acids is 2. The van der Waals surface area contributed by atoms with Crippen molar-refractivity contribution in [3.63, 3.8) is 0 Å². The zero-order valence-corrected chi connectivity index (χ0v) is 19.7. The van der Waals surface area contributed by atoms with Gasteiger partial charge in [-0.3, -0.25) is 14.5 Å². The Labute approximate surface area is 193 Å². The van der Waals surface area contributed by atoms with E-state index in [-0.39, 0.29) is 17.9 Å². The van der Waals surface area contributed by atoms with Crippen LogP contribution in [-0.4, -0.2) is 81.0 Å². The number of carbonyl (C=O) groups is 2. The lowest BCUT2D eigenvalue weighted by molar-refractivity contribution is -0.139. The molecule has 2 amide bonds. The van der Waals surface area contributed by atoms with E-state index in [1.54, 1.807) is 23.5 Å². The van der Waals surface area contributed by atoms with Crippen LogP contribution in [0, 0.1) is 5.82 Å². The minimum atomic E-state index is -0.609. The summed E-state index contributed by atoms with van der Waals surface area (Å²) in [7, 11) is 3.82. The van der Waals surface area contributed by atoms with E-state index in [9.17, 15) is 14.0 Å². The van der Waals surface area contributed by atoms with Gasteiger partial charge in [0, 0.05) is 55.9 Å². The minimum absolute atomic E-state index is 0.0242. The first-order valence-electron chi connectivity index (χ1n) is 10.9. The summed E-state index contributed by atoms with van der Waals surface area (Å²) in [5, 5.41) is 7.59. The molecule has 0 unspecified atom stereocenters. The third kappa shape index (κ3) is 6.51. The maximum atomic E-state index is 13.2. The number of thiophene rings is 1. The molecule has 2 atom stereocenters. The average molecular weight is 462 g/mol. The number of amides is 2. The van der Waals surface area contributed by atoms with Gasteiger partial charge in [-0.25, -0.2) is 4.39 Å². The van der Waals surface area contributed by atoms with Crippen molar-refractivity contribution in [1.29, 1.82) is 0 Å².